The maximum Gasteiger partial charge on any atom is 0.205 e. The van der Waals surface area contributed by atoms with Gasteiger partial charge >= 0.3 is 0 Å². The van der Waals surface area contributed by atoms with Crippen LogP contribution in [0.5, 0.6) is 0 Å². The average molecular weight is 331 g/mol. The second-order valence-corrected chi connectivity index (χ2v) is 5.67. The number of hydrogen-bond acceptors (Lipinski definition) is 4. The third kappa shape index (κ3) is 1.93. The van der Waals surface area contributed by atoms with Gasteiger partial charge in [0.15, 0.2) is 11.5 Å². The van der Waals surface area contributed by atoms with Crippen molar-refractivity contribution in [3.05, 3.63) is 57.1 Å². The molecular formula is C15H11BrN2O2. The van der Waals surface area contributed by atoms with Crippen molar-refractivity contribution in [3.63, 3.8) is 0 Å². The Balaban J connectivity index is 2.15. The average Bonchev–Trinajstić information content (AvgIpc) is 2.80. The number of ketones is 1. The summed E-state index contributed by atoms with van der Waals surface area (Å²) in [4.78, 5) is 11.8. The lowest BCUT2D eigenvalue weighted by Crippen LogP contribution is -2.20. The van der Waals surface area contributed by atoms with Gasteiger partial charge in [-0.3, -0.25) is 4.79 Å². The fourth-order valence-corrected chi connectivity index (χ4v) is 2.94. The molecule has 4 nitrogen and oxygen atoms in total. The Morgan fingerprint density at radius 3 is 2.65 bits per heavy atom. The van der Waals surface area contributed by atoms with Crippen molar-refractivity contribution in [2.45, 2.75) is 18.8 Å². The topological polar surface area (TPSA) is 76.1 Å². The van der Waals surface area contributed by atoms with Crippen molar-refractivity contribution in [2.24, 2.45) is 5.73 Å². The van der Waals surface area contributed by atoms with Gasteiger partial charge in [0.1, 0.15) is 11.6 Å². The highest BCUT2D eigenvalue weighted by molar-refractivity contribution is 9.10. The number of carbonyl (C=O) groups is 1. The quantitative estimate of drug-likeness (QED) is 0.858. The molecule has 100 valence electrons. The van der Waals surface area contributed by atoms with Crippen molar-refractivity contribution in [3.8, 4) is 6.07 Å². The van der Waals surface area contributed by atoms with Crippen molar-refractivity contribution in [1.82, 2.24) is 0 Å². The number of benzene rings is 1. The van der Waals surface area contributed by atoms with Gasteiger partial charge in [0.2, 0.25) is 5.88 Å². The second kappa shape index (κ2) is 4.80. The van der Waals surface area contributed by atoms with Crippen LogP contribution in [0.2, 0.25) is 0 Å². The van der Waals surface area contributed by atoms with Crippen molar-refractivity contribution >= 4 is 21.7 Å². The Morgan fingerprint density at radius 2 is 2.00 bits per heavy atom. The first-order chi connectivity index (χ1) is 9.61. The van der Waals surface area contributed by atoms with E-state index in [9.17, 15) is 10.1 Å². The van der Waals surface area contributed by atoms with E-state index in [2.05, 4.69) is 22.0 Å². The minimum atomic E-state index is -0.275. The lowest BCUT2D eigenvalue weighted by molar-refractivity contribution is -0.117. The molecule has 1 heterocycles. The van der Waals surface area contributed by atoms with Gasteiger partial charge in [-0.05, 0) is 29.7 Å². The number of carbonyl (C=O) groups excluding carboxylic acids is 1. The number of halogens is 1. The number of nitrogens with zero attached hydrogens (tertiary/aromatic N) is 1. The fourth-order valence-electron chi connectivity index (χ4n) is 2.68. The minimum Gasteiger partial charge on any atom is -0.437 e. The van der Waals surface area contributed by atoms with Gasteiger partial charge < -0.3 is 10.5 Å². The SMILES string of the molecule is N#CC1=C(N)OC2=C(CCC2=O)[C@H]1c1ccc(Br)cc1. The lowest BCUT2D eigenvalue weighted by atomic mass is 9.83. The van der Waals surface area contributed by atoms with Gasteiger partial charge in [0.25, 0.3) is 0 Å². The molecule has 0 saturated carbocycles. The van der Waals surface area contributed by atoms with E-state index in [-0.39, 0.29) is 17.6 Å². The third-order valence-corrected chi connectivity index (χ3v) is 4.13. The monoisotopic (exact) mass is 330 g/mol. The van der Waals surface area contributed by atoms with Gasteiger partial charge in [0.05, 0.1) is 0 Å². The highest BCUT2D eigenvalue weighted by atomic mass is 79.9. The molecule has 0 fully saturated rings. The molecular weight excluding hydrogens is 320 g/mol. The molecule has 1 aliphatic carbocycles. The van der Waals surface area contributed by atoms with Crippen LogP contribution in [0.1, 0.15) is 24.3 Å². The number of nitriles is 1. The van der Waals surface area contributed by atoms with E-state index in [1.54, 1.807) is 0 Å². The summed E-state index contributed by atoms with van der Waals surface area (Å²) in [5.41, 5.74) is 7.99. The van der Waals surface area contributed by atoms with Crippen LogP contribution < -0.4 is 5.73 Å². The standard InChI is InChI=1S/C15H11BrN2O2/c16-9-3-1-8(2-4-9)13-10-5-6-12(19)14(10)20-15(18)11(13)7-17/h1-4,13H,5-6,18H2/t13-/m1/s1. The molecule has 1 atom stereocenters. The summed E-state index contributed by atoms with van der Waals surface area (Å²) in [6.07, 6.45) is 1.04. The smallest absolute Gasteiger partial charge is 0.205 e. The van der Waals surface area contributed by atoms with Crippen LogP contribution >= 0.6 is 15.9 Å². The Morgan fingerprint density at radius 1 is 1.30 bits per heavy atom. The zero-order valence-corrected chi connectivity index (χ0v) is 12.1. The molecule has 0 saturated heterocycles. The molecule has 1 aromatic carbocycles. The number of hydrogen-bond donors (Lipinski definition) is 1. The zero-order chi connectivity index (χ0) is 14.3. The van der Waals surface area contributed by atoms with Gasteiger partial charge in [-0.1, -0.05) is 28.1 Å². The van der Waals surface area contributed by atoms with Gasteiger partial charge in [-0.25, -0.2) is 0 Å². The van der Waals surface area contributed by atoms with Gasteiger partial charge in [-0.15, -0.1) is 0 Å². The zero-order valence-electron chi connectivity index (χ0n) is 10.5. The Bertz CT molecular complexity index is 696. The number of Topliss-reactive ketones (excluding diaryl/α,β-unsaturated/α-hetero) is 1. The molecule has 0 aromatic heterocycles. The molecule has 1 aliphatic heterocycles. The molecule has 0 spiro atoms. The summed E-state index contributed by atoms with van der Waals surface area (Å²) < 4.78 is 6.32. The first-order valence-electron chi connectivity index (χ1n) is 6.21. The predicted octanol–water partition coefficient (Wildman–Crippen LogP) is 2.87. The summed E-state index contributed by atoms with van der Waals surface area (Å²) in [6, 6.07) is 9.79. The van der Waals surface area contributed by atoms with Crippen LogP contribution in [0.4, 0.5) is 0 Å². The van der Waals surface area contributed by atoms with E-state index in [1.165, 1.54) is 0 Å². The summed E-state index contributed by atoms with van der Waals surface area (Å²) in [7, 11) is 0. The van der Waals surface area contributed by atoms with Crippen molar-refractivity contribution in [2.75, 3.05) is 0 Å². The highest BCUT2D eigenvalue weighted by Gasteiger charge is 2.38. The fraction of sp³-hybridized carbons (Fsp3) is 0.200. The van der Waals surface area contributed by atoms with Crippen molar-refractivity contribution in [1.29, 1.82) is 5.26 Å². The largest absolute Gasteiger partial charge is 0.437 e. The number of nitrogens with two attached hydrogens (primary N) is 1. The van der Waals surface area contributed by atoms with E-state index < -0.39 is 0 Å². The van der Waals surface area contributed by atoms with Gasteiger partial charge in [0, 0.05) is 16.8 Å². The van der Waals surface area contributed by atoms with Crippen LogP contribution in [-0.4, -0.2) is 5.78 Å². The number of allylic oxidation sites excluding steroid dienone is 3. The highest BCUT2D eigenvalue weighted by Crippen LogP contribution is 2.44. The molecule has 0 bridgehead atoms. The Hall–Kier alpha value is -2.06. The van der Waals surface area contributed by atoms with E-state index in [0.717, 1.165) is 15.6 Å². The van der Waals surface area contributed by atoms with E-state index >= 15 is 0 Å². The number of rotatable bonds is 1. The molecule has 20 heavy (non-hydrogen) atoms. The molecule has 0 radical (unpaired) electrons. The van der Waals surface area contributed by atoms with E-state index in [1.807, 2.05) is 24.3 Å². The number of ether oxygens (including phenoxy) is 1. The molecule has 5 heteroatoms. The maximum atomic E-state index is 11.8. The molecule has 0 unspecified atom stereocenters. The summed E-state index contributed by atoms with van der Waals surface area (Å²) >= 11 is 3.39. The van der Waals surface area contributed by atoms with Crippen LogP contribution in [0.25, 0.3) is 0 Å². The lowest BCUT2D eigenvalue weighted by Gasteiger charge is -2.25. The minimum absolute atomic E-state index is 0.0365. The predicted molar refractivity (Wildman–Crippen MR) is 76.1 cm³/mol. The summed E-state index contributed by atoms with van der Waals surface area (Å²) in [6.45, 7) is 0. The summed E-state index contributed by atoms with van der Waals surface area (Å²) in [5, 5.41) is 9.35. The molecule has 2 aliphatic rings. The second-order valence-electron chi connectivity index (χ2n) is 4.75. The molecule has 3 rings (SSSR count). The Kier molecular flexibility index (Phi) is 3.11. The molecule has 2 N–H and O–H groups in total. The van der Waals surface area contributed by atoms with Crippen LogP contribution in [0, 0.1) is 11.3 Å². The van der Waals surface area contributed by atoms with Crippen LogP contribution in [0.15, 0.2) is 51.5 Å². The molecule has 1 aromatic rings. The van der Waals surface area contributed by atoms with E-state index in [4.69, 9.17) is 10.5 Å². The van der Waals surface area contributed by atoms with Crippen molar-refractivity contribution < 1.29 is 9.53 Å². The summed E-state index contributed by atoms with van der Waals surface area (Å²) in [5.74, 6) is 0.0502. The first-order valence-corrected chi connectivity index (χ1v) is 7.00. The van der Waals surface area contributed by atoms with Crippen LogP contribution in [0.3, 0.4) is 0 Å². The van der Waals surface area contributed by atoms with Gasteiger partial charge in [-0.2, -0.15) is 5.26 Å². The Labute approximate surface area is 124 Å². The van der Waals surface area contributed by atoms with E-state index in [0.29, 0.717) is 24.2 Å². The first kappa shape index (κ1) is 12.9. The maximum absolute atomic E-state index is 11.8. The third-order valence-electron chi connectivity index (χ3n) is 3.60. The van der Waals surface area contributed by atoms with Crippen LogP contribution in [-0.2, 0) is 9.53 Å². The molecule has 0 amide bonds. The normalized spacial score (nSPS) is 21.6.